The number of halogens is 1. The minimum Gasteiger partial charge on any atom is -0.460 e. The zero-order valence-corrected chi connectivity index (χ0v) is 86.2. The van der Waals surface area contributed by atoms with E-state index in [4.69, 9.17) is 10.5 Å². The van der Waals surface area contributed by atoms with Crippen LogP contribution in [0.3, 0.4) is 0 Å². The number of hydrogen-bond donors (Lipinski definition) is 5. The molecule has 0 radical (unpaired) electrons. The monoisotopic (exact) mass is 2010 g/mol. The molecular weight excluding hydrogens is 1860 g/mol. The maximum atomic E-state index is 13.1. The molecule has 7 aliphatic heterocycles. The van der Waals surface area contributed by atoms with Crippen LogP contribution in [0.2, 0.25) is 0 Å². The number of nitro benzene ring substituents is 2. The average Bonchev–Trinajstić information content (AvgIpc) is 1.67. The predicted molar refractivity (Wildman–Crippen MR) is 591 cm³/mol. The number of non-ortho nitro benzene ring substituents is 2. The summed E-state index contributed by atoms with van der Waals surface area (Å²) in [7, 11) is 0. The largest absolute Gasteiger partial charge is 0.460 e. The summed E-state index contributed by atoms with van der Waals surface area (Å²) in [5.74, 6) is -3.39. The third-order valence-electron chi connectivity index (χ3n) is 26.4. The Morgan fingerprint density at radius 3 is 1.08 bits per heavy atom. The van der Waals surface area contributed by atoms with E-state index >= 15 is 0 Å². The lowest BCUT2D eigenvalue weighted by Crippen LogP contribution is -2.46. The van der Waals surface area contributed by atoms with E-state index in [1.54, 1.807) is 58.0 Å². The number of anilines is 9. The van der Waals surface area contributed by atoms with Crippen molar-refractivity contribution in [3.8, 4) is 0 Å². The highest BCUT2D eigenvalue weighted by atomic mass is 19.1. The molecule has 6 N–H and O–H groups in total. The Balaban J connectivity index is 0.000000147. The quantitative estimate of drug-likeness (QED) is 0.00937. The van der Waals surface area contributed by atoms with Crippen molar-refractivity contribution in [1.29, 1.82) is 0 Å². The Morgan fingerprint density at radius 1 is 0.372 bits per heavy atom. The maximum absolute atomic E-state index is 13.1. The van der Waals surface area contributed by atoms with E-state index < -0.39 is 39.6 Å². The molecule has 0 aliphatic carbocycles. The molecule has 6 saturated heterocycles. The fourth-order valence-electron chi connectivity index (χ4n) is 18.1. The van der Waals surface area contributed by atoms with Gasteiger partial charge in [-0.2, -0.15) is 0 Å². The zero-order chi connectivity index (χ0) is 105. The van der Waals surface area contributed by atoms with Gasteiger partial charge in [0.2, 0.25) is 11.8 Å². The number of carbonyl (C=O) groups excluding carboxylic acids is 6. The standard InChI is InChI=1S/C26H33N3O4.C22H29N3O.C19H19N3O2.C17H19N3O2.C17H21N3.C11H16N2.C6H4FNO2/c1-5-33-24(31)23(30)22-20(27-25(32)26(2,3)4)12-9-13-21(22)29-16-14-28(15-17-29)18-19-10-7-6-8-11-19;1-22(2,3)21(26)23-19-10-7-11-20(16-19)25-14-12-24(13-15-25)17-18-8-5-4-6-9-18;23-18-17-15(20-19(18)24)7-4-8-16(17)22-11-9-21(10-12-22)13-14-5-2-1-3-6-14;21-20(22)17-8-4-7-16(13-17)19-11-9-18(10-12-19)14-15-5-2-1-3-6-15;18-16-7-4-8-17(13-16)20-11-9-19(10-12-20)14-15-5-2-1-3-6-15;1-2-4-11(5-3-1)10-13-8-6-12-7-9-13;7-5-2-1-3-6(4-5)8(9)10/h6-13H,5,14-18H2,1-4H3,(H,27,32);4-11,16H,12-15,17H2,1-3H3,(H,23,26);1-8H,9-13H2,(H,20,23,24);1-8,13H,9-12,14H2;1-8,13H,9-12,14,18H2;1-5,12H,6-10H2;1-4H. The minimum absolute atomic E-state index is 0.0438. The number of rotatable bonds is 24. The Morgan fingerprint density at radius 2 is 0.703 bits per heavy atom. The van der Waals surface area contributed by atoms with Crippen LogP contribution in [0.25, 0.3) is 0 Å². The number of nitrogens with one attached hydrogen (secondary N) is 4. The molecule has 0 spiro atoms. The van der Waals surface area contributed by atoms with E-state index in [0.29, 0.717) is 35.7 Å². The number of Topliss-reactive ketones (excluding diaryl/α,β-unsaturated/α-hetero) is 2. The van der Waals surface area contributed by atoms with Gasteiger partial charge in [0.1, 0.15) is 5.82 Å². The molecule has 0 unspecified atom stereocenters. The Bertz CT molecular complexity index is 6250. The van der Waals surface area contributed by atoms with Gasteiger partial charge in [0, 0.05) is 254 Å². The second kappa shape index (κ2) is 55.6. The molecule has 776 valence electrons. The molecule has 0 bridgehead atoms. The van der Waals surface area contributed by atoms with Gasteiger partial charge in [-0.15, -0.1) is 0 Å². The molecule has 0 aromatic heterocycles. The summed E-state index contributed by atoms with van der Waals surface area (Å²) < 4.78 is 17.2. The number of ketones is 2. The van der Waals surface area contributed by atoms with Gasteiger partial charge in [0.05, 0.1) is 56.4 Å². The molecule has 148 heavy (non-hydrogen) atoms. The van der Waals surface area contributed by atoms with Crippen LogP contribution in [-0.4, -0.2) is 238 Å². The number of esters is 1. The van der Waals surface area contributed by atoms with Crippen LogP contribution >= 0.6 is 0 Å². The first-order valence-electron chi connectivity index (χ1n) is 51.1. The summed E-state index contributed by atoms with van der Waals surface area (Å²) in [5, 5.41) is 32.7. The smallest absolute Gasteiger partial charge is 0.379 e. The van der Waals surface area contributed by atoms with E-state index in [-0.39, 0.29) is 45.7 Å². The fraction of sp³-hybridized carbons (Fsp3) is 0.339. The summed E-state index contributed by atoms with van der Waals surface area (Å²) >= 11 is 0. The summed E-state index contributed by atoms with van der Waals surface area (Å²) in [6.45, 7) is 42.3. The van der Waals surface area contributed by atoms with Crippen LogP contribution in [0.15, 0.2) is 315 Å². The number of nitrogens with two attached hydrogens (primary N) is 1. The van der Waals surface area contributed by atoms with Crippen LogP contribution < -0.4 is 51.5 Å². The van der Waals surface area contributed by atoms with Gasteiger partial charge in [-0.05, 0) is 113 Å². The third kappa shape index (κ3) is 34.4. The molecule has 7 heterocycles. The molecule has 12 aromatic rings. The average molecular weight is 2010 g/mol. The number of benzene rings is 12. The second-order valence-electron chi connectivity index (χ2n) is 39.6. The van der Waals surface area contributed by atoms with Gasteiger partial charge in [-0.1, -0.05) is 260 Å². The van der Waals surface area contributed by atoms with Crippen molar-refractivity contribution in [2.45, 2.75) is 87.7 Å². The molecule has 6 fully saturated rings. The van der Waals surface area contributed by atoms with Gasteiger partial charge in [-0.3, -0.25) is 73.6 Å². The van der Waals surface area contributed by atoms with Crippen molar-refractivity contribution in [3.63, 3.8) is 0 Å². The number of carbonyl (C=O) groups is 6. The lowest BCUT2D eigenvalue weighted by Gasteiger charge is -2.37. The van der Waals surface area contributed by atoms with E-state index in [0.717, 1.165) is 205 Å². The first-order valence-corrected chi connectivity index (χ1v) is 51.1. The van der Waals surface area contributed by atoms with E-state index in [2.05, 4.69) is 251 Å². The number of nitrogen functional groups attached to an aromatic ring is 1. The van der Waals surface area contributed by atoms with Gasteiger partial charge in [-0.25, -0.2) is 9.18 Å². The lowest BCUT2D eigenvalue weighted by atomic mass is 9.95. The number of amides is 3. The van der Waals surface area contributed by atoms with Crippen LogP contribution in [0, 0.1) is 36.9 Å². The highest BCUT2D eigenvalue weighted by molar-refractivity contribution is 6.52. The number of nitrogens with zero attached hydrogens (tertiary/aromatic N) is 13. The maximum Gasteiger partial charge on any atom is 0.379 e. The topological polar surface area (TPSA) is 308 Å². The molecular formula is C118H141FN18O11. The number of hydrogen-bond acceptors (Lipinski definition) is 24. The number of piperazine rings is 6. The molecule has 30 heteroatoms. The van der Waals surface area contributed by atoms with Gasteiger partial charge >= 0.3 is 5.97 Å². The van der Waals surface area contributed by atoms with Crippen LogP contribution in [0.1, 0.15) is 103 Å². The van der Waals surface area contributed by atoms with Crippen molar-refractivity contribution in [2.24, 2.45) is 10.8 Å². The molecule has 12 aromatic carbocycles. The van der Waals surface area contributed by atoms with Crippen molar-refractivity contribution < 1.29 is 47.7 Å². The van der Waals surface area contributed by atoms with E-state index in [1.807, 2.05) is 99.6 Å². The minimum atomic E-state index is -0.918. The lowest BCUT2D eigenvalue weighted by molar-refractivity contribution is -0.385. The van der Waals surface area contributed by atoms with Crippen molar-refractivity contribution in [3.05, 3.63) is 386 Å². The van der Waals surface area contributed by atoms with Gasteiger partial charge in [0.25, 0.3) is 28.8 Å². The van der Waals surface area contributed by atoms with E-state index in [1.165, 1.54) is 76.0 Å². The Hall–Kier alpha value is -14.9. The van der Waals surface area contributed by atoms with Crippen molar-refractivity contribution in [2.75, 3.05) is 210 Å². The molecule has 29 nitrogen and oxygen atoms in total. The highest BCUT2D eigenvalue weighted by Crippen LogP contribution is 2.36. The second-order valence-corrected chi connectivity index (χ2v) is 39.6. The number of fused-ring (bicyclic) bond motifs is 1. The Kier molecular flexibility index (Phi) is 41.4. The SMILES string of the molecule is CC(C)(C)C(=O)Nc1cccc(N2CCN(Cc3ccccc3)CC2)c1.CCOC(=O)C(=O)c1c(NC(=O)C(C)(C)C)cccc1N1CCN(Cc2ccccc2)CC1.Nc1cccc(N2CCN(Cc3ccccc3)CC2)c1.O=C1Nc2cccc(N3CCN(Cc4ccccc4)CC3)c2C1=O.O=[N+]([O-])c1cccc(F)c1.O=[N+]([O-])c1cccc(N2CCN(Cc3ccccc3)CC2)c1.c1ccc(CN2CCNCC2)cc1. The summed E-state index contributed by atoms with van der Waals surface area (Å²) in [6, 6.07) is 102. The third-order valence-corrected chi connectivity index (χ3v) is 26.4. The van der Waals surface area contributed by atoms with E-state index in [9.17, 15) is 53.4 Å². The first-order chi connectivity index (χ1) is 71.5. The molecule has 0 atom stereocenters. The number of nitro groups is 2. The predicted octanol–water partition coefficient (Wildman–Crippen LogP) is 18.2. The first kappa shape index (κ1) is 110. The molecule has 3 amide bonds. The highest BCUT2D eigenvalue weighted by Gasteiger charge is 2.35. The normalized spacial score (nSPS) is 15.7. The fourth-order valence-corrected chi connectivity index (χ4v) is 18.1. The molecule has 0 saturated carbocycles. The van der Waals surface area contributed by atoms with Gasteiger partial charge < -0.3 is 56.2 Å². The Labute approximate surface area is 869 Å². The van der Waals surface area contributed by atoms with Crippen LogP contribution in [0.5, 0.6) is 0 Å². The van der Waals surface area contributed by atoms with Crippen molar-refractivity contribution in [1.82, 2.24) is 34.7 Å². The molecule has 7 aliphatic rings. The summed E-state index contributed by atoms with van der Waals surface area (Å²) in [5.41, 5.74) is 21.1. The summed E-state index contributed by atoms with van der Waals surface area (Å²) in [6.07, 6.45) is 0. The van der Waals surface area contributed by atoms with Crippen LogP contribution in [-0.2, 0) is 63.2 Å². The van der Waals surface area contributed by atoms with Crippen molar-refractivity contribution >= 4 is 97.8 Å². The summed E-state index contributed by atoms with van der Waals surface area (Å²) in [4.78, 5) is 120. The number of ether oxygens (including phenoxy) is 1. The van der Waals surface area contributed by atoms with Crippen LogP contribution in [0.4, 0.5) is 67.0 Å². The van der Waals surface area contributed by atoms with Gasteiger partial charge in [0.15, 0.2) is 0 Å². The zero-order valence-electron chi connectivity index (χ0n) is 86.2. The molecule has 19 rings (SSSR count).